The molecule has 3 aromatic carbocycles. The Balaban J connectivity index is 1.68. The van der Waals surface area contributed by atoms with Gasteiger partial charge in [0.1, 0.15) is 11.4 Å². The number of rotatable bonds is 13. The van der Waals surface area contributed by atoms with Crippen LogP contribution in [0.2, 0.25) is 0 Å². The SMILES string of the molecule is CCC1(/C=C/c2ccc(C(CC)(CC)c3ccc(-c4cc(CCOOC)ccc4OC)c(C)c3)cc2C)CO1. The van der Waals surface area contributed by atoms with Crippen molar-refractivity contribution in [2.75, 3.05) is 27.4 Å². The van der Waals surface area contributed by atoms with Crippen LogP contribution in [0.1, 0.15) is 73.4 Å². The number of ether oxygens (including phenoxy) is 2. The Hall–Kier alpha value is -2.92. The predicted octanol–water partition coefficient (Wildman–Crippen LogP) is 8.40. The molecule has 3 aromatic rings. The number of aryl methyl sites for hydroxylation is 2. The molecule has 0 saturated carbocycles. The van der Waals surface area contributed by atoms with E-state index in [4.69, 9.17) is 19.2 Å². The zero-order chi connectivity index (χ0) is 28.0. The van der Waals surface area contributed by atoms with Crippen molar-refractivity contribution in [1.82, 2.24) is 0 Å². The first-order valence-corrected chi connectivity index (χ1v) is 14.2. The summed E-state index contributed by atoms with van der Waals surface area (Å²) in [4.78, 5) is 9.85. The Labute approximate surface area is 234 Å². The van der Waals surface area contributed by atoms with E-state index in [0.717, 1.165) is 43.6 Å². The quantitative estimate of drug-likeness (QED) is 0.0966. The molecule has 0 aliphatic carbocycles. The minimum absolute atomic E-state index is 0.0408. The summed E-state index contributed by atoms with van der Waals surface area (Å²) in [5.74, 6) is 0.875. The lowest BCUT2D eigenvalue weighted by atomic mass is 9.69. The van der Waals surface area contributed by atoms with Gasteiger partial charge < -0.3 is 9.47 Å². The third kappa shape index (κ3) is 6.14. The molecule has 1 unspecified atom stereocenters. The Morgan fingerprint density at radius 3 is 2.13 bits per heavy atom. The summed E-state index contributed by atoms with van der Waals surface area (Å²) in [5, 5.41) is 0. The van der Waals surface area contributed by atoms with Gasteiger partial charge >= 0.3 is 0 Å². The maximum Gasteiger partial charge on any atom is 0.126 e. The standard InChI is InChI=1S/C35H44O4/c1-8-34(24-38-34)19-17-28-12-13-29(21-25(28)4)35(9-2,10-3)30-14-15-31(26(5)22-30)32-23-27(18-20-39-37-7)11-16-33(32)36-6/h11-17,19,21-23H,8-10,18,20,24H2,1-7H3/b19-17+. The lowest BCUT2D eigenvalue weighted by Crippen LogP contribution is -2.26. The maximum atomic E-state index is 5.75. The fourth-order valence-electron chi connectivity index (χ4n) is 5.77. The highest BCUT2D eigenvalue weighted by Gasteiger charge is 2.39. The molecule has 0 aromatic heterocycles. The minimum Gasteiger partial charge on any atom is -0.496 e. The van der Waals surface area contributed by atoms with E-state index in [0.29, 0.717) is 6.61 Å². The molecule has 4 rings (SSSR count). The molecule has 1 atom stereocenters. The molecule has 4 nitrogen and oxygen atoms in total. The Bertz CT molecular complexity index is 1300. The van der Waals surface area contributed by atoms with Crippen LogP contribution in [0.4, 0.5) is 0 Å². The molecular formula is C35H44O4. The van der Waals surface area contributed by atoms with E-state index in [-0.39, 0.29) is 11.0 Å². The smallest absolute Gasteiger partial charge is 0.126 e. The maximum absolute atomic E-state index is 5.75. The molecule has 0 radical (unpaired) electrons. The Kier molecular flexibility index (Phi) is 9.32. The van der Waals surface area contributed by atoms with Gasteiger partial charge in [-0.25, -0.2) is 9.78 Å². The van der Waals surface area contributed by atoms with Crippen LogP contribution in [0.3, 0.4) is 0 Å². The van der Waals surface area contributed by atoms with E-state index in [2.05, 4.69) is 95.3 Å². The Morgan fingerprint density at radius 1 is 0.872 bits per heavy atom. The van der Waals surface area contributed by atoms with Crippen molar-refractivity contribution in [3.8, 4) is 16.9 Å². The number of epoxide rings is 1. The fourth-order valence-corrected chi connectivity index (χ4v) is 5.77. The zero-order valence-corrected chi connectivity index (χ0v) is 24.7. The zero-order valence-electron chi connectivity index (χ0n) is 24.7. The molecule has 0 spiro atoms. The van der Waals surface area contributed by atoms with E-state index in [1.807, 2.05) is 6.07 Å². The number of methoxy groups -OCH3 is 1. The molecule has 208 valence electrons. The van der Waals surface area contributed by atoms with Crippen LogP contribution >= 0.6 is 0 Å². The monoisotopic (exact) mass is 528 g/mol. The van der Waals surface area contributed by atoms with Crippen molar-refractivity contribution in [2.24, 2.45) is 0 Å². The van der Waals surface area contributed by atoms with Crippen LogP contribution in [0, 0.1) is 13.8 Å². The summed E-state index contributed by atoms with van der Waals surface area (Å²) >= 11 is 0. The van der Waals surface area contributed by atoms with E-state index >= 15 is 0 Å². The molecule has 0 N–H and O–H groups in total. The van der Waals surface area contributed by atoms with Crippen molar-refractivity contribution in [2.45, 2.75) is 71.3 Å². The van der Waals surface area contributed by atoms with Crippen LogP contribution < -0.4 is 4.74 Å². The van der Waals surface area contributed by atoms with Crippen molar-refractivity contribution in [3.05, 3.63) is 94.1 Å². The van der Waals surface area contributed by atoms with Gasteiger partial charge in [0.2, 0.25) is 0 Å². The van der Waals surface area contributed by atoms with Crippen molar-refractivity contribution in [1.29, 1.82) is 0 Å². The molecule has 1 aliphatic heterocycles. The second-order valence-corrected chi connectivity index (χ2v) is 10.7. The van der Waals surface area contributed by atoms with Gasteiger partial charge in [-0.05, 0) is 96.7 Å². The minimum atomic E-state index is -0.0516. The average Bonchev–Trinajstić information content (AvgIpc) is 3.74. The van der Waals surface area contributed by atoms with E-state index in [1.165, 1.54) is 46.1 Å². The average molecular weight is 529 g/mol. The summed E-state index contributed by atoms with van der Waals surface area (Å²) in [5.41, 5.74) is 9.92. The van der Waals surface area contributed by atoms with Gasteiger partial charge in [-0.3, -0.25) is 0 Å². The Morgan fingerprint density at radius 2 is 1.56 bits per heavy atom. The lowest BCUT2D eigenvalue weighted by Gasteiger charge is -2.34. The summed E-state index contributed by atoms with van der Waals surface area (Å²) in [6.45, 7) is 12.6. The molecule has 1 saturated heterocycles. The van der Waals surface area contributed by atoms with Crippen molar-refractivity contribution in [3.63, 3.8) is 0 Å². The molecule has 39 heavy (non-hydrogen) atoms. The van der Waals surface area contributed by atoms with Gasteiger partial charge in [-0.1, -0.05) is 69.3 Å². The molecule has 1 heterocycles. The first-order valence-electron chi connectivity index (χ1n) is 14.2. The second kappa shape index (κ2) is 12.5. The van der Waals surface area contributed by atoms with E-state index in [9.17, 15) is 0 Å². The second-order valence-electron chi connectivity index (χ2n) is 10.7. The van der Waals surface area contributed by atoms with Gasteiger partial charge in [-0.15, -0.1) is 0 Å². The van der Waals surface area contributed by atoms with Crippen LogP contribution in [0.25, 0.3) is 17.2 Å². The van der Waals surface area contributed by atoms with Crippen LogP contribution in [0.5, 0.6) is 5.75 Å². The summed E-state index contributed by atoms with van der Waals surface area (Å²) in [7, 11) is 3.27. The fraction of sp³-hybridized carbons (Fsp3) is 0.429. The van der Waals surface area contributed by atoms with Crippen LogP contribution in [0.15, 0.2) is 60.7 Å². The van der Waals surface area contributed by atoms with E-state index < -0.39 is 0 Å². The summed E-state index contributed by atoms with van der Waals surface area (Å²) < 4.78 is 11.4. The highest BCUT2D eigenvalue weighted by molar-refractivity contribution is 5.74. The van der Waals surface area contributed by atoms with Gasteiger partial charge in [-0.2, -0.15) is 0 Å². The number of hydrogen-bond acceptors (Lipinski definition) is 4. The molecule has 0 bridgehead atoms. The summed E-state index contributed by atoms with van der Waals surface area (Å²) in [6, 6.07) is 20.3. The number of hydrogen-bond donors (Lipinski definition) is 0. The molecule has 1 aliphatic rings. The molecule has 4 heteroatoms. The first kappa shape index (κ1) is 29.1. The van der Waals surface area contributed by atoms with Crippen LogP contribution in [-0.2, 0) is 26.3 Å². The van der Waals surface area contributed by atoms with Gasteiger partial charge in [0.05, 0.1) is 27.4 Å². The van der Waals surface area contributed by atoms with Gasteiger partial charge in [0.15, 0.2) is 0 Å². The lowest BCUT2D eigenvalue weighted by molar-refractivity contribution is -0.271. The third-order valence-corrected chi connectivity index (χ3v) is 8.63. The van der Waals surface area contributed by atoms with E-state index in [1.54, 1.807) is 7.11 Å². The summed E-state index contributed by atoms with van der Waals surface area (Å²) in [6.07, 6.45) is 8.32. The van der Waals surface area contributed by atoms with Crippen molar-refractivity contribution < 1.29 is 19.2 Å². The largest absolute Gasteiger partial charge is 0.496 e. The van der Waals surface area contributed by atoms with Gasteiger partial charge in [0.25, 0.3) is 0 Å². The van der Waals surface area contributed by atoms with Crippen LogP contribution in [-0.4, -0.2) is 33.0 Å². The molecule has 0 amide bonds. The third-order valence-electron chi connectivity index (χ3n) is 8.63. The van der Waals surface area contributed by atoms with Crippen molar-refractivity contribution >= 4 is 6.08 Å². The highest BCUT2D eigenvalue weighted by Crippen LogP contribution is 2.42. The molecular weight excluding hydrogens is 484 g/mol. The number of benzene rings is 3. The highest BCUT2D eigenvalue weighted by atomic mass is 17.2. The predicted molar refractivity (Wildman–Crippen MR) is 160 cm³/mol. The normalized spacial score (nSPS) is 17.1. The first-order chi connectivity index (χ1) is 18.8. The topological polar surface area (TPSA) is 40.2 Å². The molecule has 1 fully saturated rings. The van der Waals surface area contributed by atoms with Gasteiger partial charge in [0, 0.05) is 11.0 Å².